The molecule has 1 heteroatoms. The van der Waals surface area contributed by atoms with E-state index < -0.39 is 0 Å². The van der Waals surface area contributed by atoms with Gasteiger partial charge in [-0.1, -0.05) is 34.1 Å². The summed E-state index contributed by atoms with van der Waals surface area (Å²) in [5.74, 6) is 0.934. The molecule has 0 aromatic carbocycles. The second-order valence-corrected chi connectivity index (χ2v) is 5.28. The van der Waals surface area contributed by atoms with Crippen LogP contribution in [0.3, 0.4) is 0 Å². The molecule has 1 fully saturated rings. The van der Waals surface area contributed by atoms with Gasteiger partial charge in [-0.05, 0) is 30.7 Å². The highest BCUT2D eigenvalue weighted by molar-refractivity contribution is 4.85. The topological polar surface area (TPSA) is 12.0 Å². The van der Waals surface area contributed by atoms with Crippen LogP contribution in [0.15, 0.2) is 0 Å². The minimum Gasteiger partial charge on any atom is -0.314 e. The van der Waals surface area contributed by atoms with Gasteiger partial charge in [0.05, 0.1) is 0 Å². The fourth-order valence-electron chi connectivity index (χ4n) is 2.21. The first-order chi connectivity index (χ1) is 5.53. The monoisotopic (exact) mass is 169 g/mol. The third kappa shape index (κ3) is 2.78. The number of nitrogens with one attached hydrogen (secondary N) is 1. The first kappa shape index (κ1) is 10.0. The van der Waals surface area contributed by atoms with Crippen molar-refractivity contribution >= 4 is 0 Å². The molecule has 12 heavy (non-hydrogen) atoms. The summed E-state index contributed by atoms with van der Waals surface area (Å²) in [7, 11) is 0. The van der Waals surface area contributed by atoms with Crippen LogP contribution in [-0.4, -0.2) is 12.6 Å². The lowest BCUT2D eigenvalue weighted by molar-refractivity contribution is 0.283. The van der Waals surface area contributed by atoms with Gasteiger partial charge in [0.2, 0.25) is 0 Å². The second-order valence-electron chi connectivity index (χ2n) is 5.28. The average molecular weight is 169 g/mol. The fourth-order valence-corrected chi connectivity index (χ4v) is 2.21. The van der Waals surface area contributed by atoms with Crippen LogP contribution < -0.4 is 5.32 Å². The van der Waals surface area contributed by atoms with Gasteiger partial charge in [0.1, 0.15) is 0 Å². The molecular weight excluding hydrogens is 146 g/mol. The van der Waals surface area contributed by atoms with Crippen LogP contribution in [0.2, 0.25) is 0 Å². The van der Waals surface area contributed by atoms with Gasteiger partial charge >= 0.3 is 0 Å². The first-order valence-electron chi connectivity index (χ1n) is 5.26. The van der Waals surface area contributed by atoms with Crippen molar-refractivity contribution in [2.45, 2.75) is 53.0 Å². The Morgan fingerprint density at radius 3 is 2.50 bits per heavy atom. The lowest BCUT2D eigenvalue weighted by Gasteiger charge is -2.26. The highest BCUT2D eigenvalue weighted by Gasteiger charge is 2.28. The molecule has 0 aliphatic carbocycles. The summed E-state index contributed by atoms with van der Waals surface area (Å²) in [6.45, 7) is 10.5. The molecule has 0 saturated carbocycles. The molecule has 0 bridgehead atoms. The van der Waals surface area contributed by atoms with Crippen molar-refractivity contribution < 1.29 is 0 Å². The Balaban J connectivity index is 2.41. The van der Waals surface area contributed by atoms with Crippen LogP contribution in [-0.2, 0) is 0 Å². The zero-order valence-electron chi connectivity index (χ0n) is 8.98. The number of rotatable bonds is 2. The van der Waals surface area contributed by atoms with Crippen LogP contribution in [0, 0.1) is 11.3 Å². The van der Waals surface area contributed by atoms with Gasteiger partial charge < -0.3 is 5.32 Å². The first-order valence-corrected chi connectivity index (χ1v) is 5.26. The van der Waals surface area contributed by atoms with Gasteiger partial charge in [-0.2, -0.15) is 0 Å². The van der Waals surface area contributed by atoms with Crippen LogP contribution in [0.4, 0.5) is 0 Å². The standard InChI is InChI=1S/C11H23N/c1-5-9-6-7-12-10(9)8-11(2,3)4/h9-10,12H,5-8H2,1-4H3. The van der Waals surface area contributed by atoms with E-state index in [0.717, 1.165) is 12.0 Å². The Morgan fingerprint density at radius 1 is 1.33 bits per heavy atom. The molecule has 0 amide bonds. The molecule has 1 heterocycles. The quantitative estimate of drug-likeness (QED) is 0.670. The molecule has 2 unspecified atom stereocenters. The van der Waals surface area contributed by atoms with Crippen LogP contribution in [0.25, 0.3) is 0 Å². The maximum atomic E-state index is 3.61. The molecular formula is C11H23N. The average Bonchev–Trinajstić information content (AvgIpc) is 2.31. The van der Waals surface area contributed by atoms with Crippen molar-refractivity contribution in [3.63, 3.8) is 0 Å². The minimum atomic E-state index is 0.482. The predicted octanol–water partition coefficient (Wildman–Crippen LogP) is 2.81. The third-order valence-electron chi connectivity index (χ3n) is 2.85. The van der Waals surface area contributed by atoms with E-state index in [2.05, 4.69) is 33.0 Å². The maximum absolute atomic E-state index is 3.61. The minimum absolute atomic E-state index is 0.482. The zero-order chi connectivity index (χ0) is 9.19. The molecule has 72 valence electrons. The SMILES string of the molecule is CCC1CCNC1CC(C)(C)C. The molecule has 1 aliphatic heterocycles. The van der Waals surface area contributed by atoms with Gasteiger partial charge in [0.15, 0.2) is 0 Å². The van der Waals surface area contributed by atoms with Crippen molar-refractivity contribution in [1.29, 1.82) is 0 Å². The van der Waals surface area contributed by atoms with Gasteiger partial charge in [-0.3, -0.25) is 0 Å². The number of hydrogen-bond acceptors (Lipinski definition) is 1. The van der Waals surface area contributed by atoms with Crippen LogP contribution >= 0.6 is 0 Å². The fraction of sp³-hybridized carbons (Fsp3) is 1.00. The summed E-state index contributed by atoms with van der Waals surface area (Å²) >= 11 is 0. The summed E-state index contributed by atoms with van der Waals surface area (Å²) in [6, 6.07) is 0.787. The normalized spacial score (nSPS) is 31.0. The van der Waals surface area contributed by atoms with E-state index in [-0.39, 0.29) is 0 Å². The molecule has 1 nitrogen and oxygen atoms in total. The Kier molecular flexibility index (Phi) is 3.16. The molecule has 1 rings (SSSR count). The highest BCUT2D eigenvalue weighted by Crippen LogP contribution is 2.29. The van der Waals surface area contributed by atoms with E-state index in [9.17, 15) is 0 Å². The summed E-state index contributed by atoms with van der Waals surface area (Å²) in [6.07, 6.45) is 4.05. The van der Waals surface area contributed by atoms with Crippen LogP contribution in [0.1, 0.15) is 47.0 Å². The van der Waals surface area contributed by atoms with Crippen molar-refractivity contribution in [2.75, 3.05) is 6.54 Å². The largest absolute Gasteiger partial charge is 0.314 e. The summed E-state index contributed by atoms with van der Waals surface area (Å²) < 4.78 is 0. The summed E-state index contributed by atoms with van der Waals surface area (Å²) in [4.78, 5) is 0. The molecule has 1 saturated heterocycles. The summed E-state index contributed by atoms with van der Waals surface area (Å²) in [5, 5.41) is 3.61. The zero-order valence-corrected chi connectivity index (χ0v) is 8.98. The van der Waals surface area contributed by atoms with E-state index in [0.29, 0.717) is 5.41 Å². The molecule has 1 N–H and O–H groups in total. The second kappa shape index (κ2) is 3.78. The molecule has 0 aromatic heterocycles. The highest BCUT2D eigenvalue weighted by atomic mass is 14.9. The Morgan fingerprint density at radius 2 is 2.00 bits per heavy atom. The molecule has 2 atom stereocenters. The van der Waals surface area contributed by atoms with Crippen molar-refractivity contribution in [3.8, 4) is 0 Å². The van der Waals surface area contributed by atoms with Gasteiger partial charge in [0.25, 0.3) is 0 Å². The van der Waals surface area contributed by atoms with Gasteiger partial charge in [0, 0.05) is 6.04 Å². The Bertz CT molecular complexity index is 134. The molecule has 1 aliphatic rings. The third-order valence-corrected chi connectivity index (χ3v) is 2.85. The van der Waals surface area contributed by atoms with E-state index in [1.165, 1.54) is 25.8 Å². The lowest BCUT2D eigenvalue weighted by Crippen LogP contribution is -2.31. The van der Waals surface area contributed by atoms with Crippen molar-refractivity contribution in [1.82, 2.24) is 5.32 Å². The lowest BCUT2D eigenvalue weighted by atomic mass is 9.83. The molecule has 0 radical (unpaired) electrons. The van der Waals surface area contributed by atoms with Crippen LogP contribution in [0.5, 0.6) is 0 Å². The van der Waals surface area contributed by atoms with E-state index >= 15 is 0 Å². The predicted molar refractivity (Wildman–Crippen MR) is 54.3 cm³/mol. The van der Waals surface area contributed by atoms with Gasteiger partial charge in [-0.15, -0.1) is 0 Å². The van der Waals surface area contributed by atoms with E-state index in [1.54, 1.807) is 0 Å². The molecule has 0 spiro atoms. The Hall–Kier alpha value is -0.0400. The maximum Gasteiger partial charge on any atom is 0.0101 e. The Labute approximate surface area is 76.9 Å². The van der Waals surface area contributed by atoms with E-state index in [4.69, 9.17) is 0 Å². The summed E-state index contributed by atoms with van der Waals surface area (Å²) in [5.41, 5.74) is 0.482. The van der Waals surface area contributed by atoms with Crippen molar-refractivity contribution in [3.05, 3.63) is 0 Å². The smallest absolute Gasteiger partial charge is 0.0101 e. The molecule has 0 aromatic rings. The van der Waals surface area contributed by atoms with Gasteiger partial charge in [-0.25, -0.2) is 0 Å². The van der Waals surface area contributed by atoms with Crippen molar-refractivity contribution in [2.24, 2.45) is 11.3 Å². The number of hydrogen-bond donors (Lipinski definition) is 1. The van der Waals surface area contributed by atoms with E-state index in [1.807, 2.05) is 0 Å².